The molecular formula is C23H26N2O4. The van der Waals surface area contributed by atoms with Crippen molar-refractivity contribution in [3.63, 3.8) is 0 Å². The van der Waals surface area contributed by atoms with Gasteiger partial charge in [0.2, 0.25) is 5.91 Å². The van der Waals surface area contributed by atoms with Crippen LogP contribution in [0.3, 0.4) is 0 Å². The molecule has 1 heterocycles. The number of hydrogen-bond donors (Lipinski definition) is 0. The first-order valence-electron chi connectivity index (χ1n) is 9.79. The number of Topliss-reactive ketones (excluding diaryl/α,β-unsaturated/α-hetero) is 1. The summed E-state index contributed by atoms with van der Waals surface area (Å²) in [7, 11) is 1.54. The summed E-state index contributed by atoms with van der Waals surface area (Å²) in [5.41, 5.74) is 2.26. The van der Waals surface area contributed by atoms with E-state index in [1.165, 1.54) is 0 Å². The van der Waals surface area contributed by atoms with Gasteiger partial charge in [0.05, 0.1) is 12.7 Å². The Hall–Kier alpha value is -3.15. The number of piperazine rings is 1. The number of benzene rings is 2. The van der Waals surface area contributed by atoms with Gasteiger partial charge in [0.15, 0.2) is 5.78 Å². The van der Waals surface area contributed by atoms with E-state index < -0.39 is 0 Å². The van der Waals surface area contributed by atoms with Crippen molar-refractivity contribution in [2.75, 3.05) is 33.3 Å². The van der Waals surface area contributed by atoms with Crippen molar-refractivity contribution >= 4 is 17.6 Å². The van der Waals surface area contributed by atoms with E-state index in [1.54, 1.807) is 47.2 Å². The Morgan fingerprint density at radius 1 is 0.862 bits per heavy atom. The largest absolute Gasteiger partial charge is 0.496 e. The number of carbonyl (C=O) groups is 3. The number of ketones is 1. The molecule has 1 saturated heterocycles. The van der Waals surface area contributed by atoms with Crippen LogP contribution in [0.1, 0.15) is 39.1 Å². The maximum absolute atomic E-state index is 12.7. The monoisotopic (exact) mass is 394 g/mol. The highest BCUT2D eigenvalue weighted by Crippen LogP contribution is 2.20. The molecule has 2 aromatic rings. The second-order valence-electron chi connectivity index (χ2n) is 7.16. The van der Waals surface area contributed by atoms with Crippen LogP contribution >= 0.6 is 0 Å². The Morgan fingerprint density at radius 2 is 1.48 bits per heavy atom. The predicted octanol–water partition coefficient (Wildman–Crippen LogP) is 2.95. The van der Waals surface area contributed by atoms with Gasteiger partial charge in [-0.1, -0.05) is 42.0 Å². The minimum atomic E-state index is -0.0934. The molecule has 3 rings (SSSR count). The lowest BCUT2D eigenvalue weighted by molar-refractivity contribution is -0.132. The first-order valence-corrected chi connectivity index (χ1v) is 9.79. The van der Waals surface area contributed by atoms with E-state index in [0.717, 1.165) is 5.56 Å². The van der Waals surface area contributed by atoms with Gasteiger partial charge in [-0.25, -0.2) is 0 Å². The Bertz CT molecular complexity index is 884. The third kappa shape index (κ3) is 5.02. The second kappa shape index (κ2) is 9.37. The number of para-hydroxylation sites is 1. The Morgan fingerprint density at radius 3 is 2.14 bits per heavy atom. The minimum absolute atomic E-state index is 0.0247. The normalized spacial score (nSPS) is 13.9. The van der Waals surface area contributed by atoms with Crippen LogP contribution in [0.25, 0.3) is 0 Å². The van der Waals surface area contributed by atoms with Crippen LogP contribution in [0.2, 0.25) is 0 Å². The molecule has 0 N–H and O–H groups in total. The molecule has 2 amide bonds. The number of aryl methyl sites for hydroxylation is 1. The number of ether oxygens (including phenoxy) is 1. The smallest absolute Gasteiger partial charge is 0.257 e. The molecule has 0 bridgehead atoms. The summed E-state index contributed by atoms with van der Waals surface area (Å²) in [6.07, 6.45) is 0.384. The number of amides is 2. The quantitative estimate of drug-likeness (QED) is 0.707. The molecule has 1 aliphatic heterocycles. The summed E-state index contributed by atoms with van der Waals surface area (Å²) in [6.45, 7) is 3.84. The maximum Gasteiger partial charge on any atom is 0.257 e. The molecule has 0 saturated carbocycles. The maximum atomic E-state index is 12.7. The molecule has 29 heavy (non-hydrogen) atoms. The van der Waals surface area contributed by atoms with Gasteiger partial charge >= 0.3 is 0 Å². The summed E-state index contributed by atoms with van der Waals surface area (Å²) in [4.78, 5) is 41.0. The van der Waals surface area contributed by atoms with Gasteiger partial charge in [0.25, 0.3) is 5.91 Å². The van der Waals surface area contributed by atoms with Crippen LogP contribution in [0.5, 0.6) is 5.75 Å². The van der Waals surface area contributed by atoms with E-state index in [1.807, 2.05) is 25.1 Å². The first kappa shape index (κ1) is 20.6. The predicted molar refractivity (Wildman–Crippen MR) is 110 cm³/mol. The number of methoxy groups -OCH3 is 1. The molecule has 0 spiro atoms. The van der Waals surface area contributed by atoms with Crippen molar-refractivity contribution < 1.29 is 19.1 Å². The second-order valence-corrected chi connectivity index (χ2v) is 7.16. The summed E-state index contributed by atoms with van der Waals surface area (Å²) in [6, 6.07) is 14.5. The number of hydrogen-bond acceptors (Lipinski definition) is 4. The van der Waals surface area contributed by atoms with E-state index in [9.17, 15) is 14.4 Å². The van der Waals surface area contributed by atoms with Crippen LogP contribution in [0.15, 0.2) is 48.5 Å². The van der Waals surface area contributed by atoms with Gasteiger partial charge < -0.3 is 14.5 Å². The van der Waals surface area contributed by atoms with Crippen LogP contribution in [-0.2, 0) is 4.79 Å². The van der Waals surface area contributed by atoms with Crippen LogP contribution < -0.4 is 4.74 Å². The SMILES string of the molecule is COc1ccccc1C(=O)N1CCN(C(=O)CCC(=O)c2ccc(C)cc2)CC1. The van der Waals surface area contributed by atoms with Crippen molar-refractivity contribution in [1.29, 1.82) is 0 Å². The molecule has 0 unspecified atom stereocenters. The van der Waals surface area contributed by atoms with Gasteiger partial charge in [0, 0.05) is 44.6 Å². The van der Waals surface area contributed by atoms with Crippen LogP contribution in [0.4, 0.5) is 0 Å². The highest BCUT2D eigenvalue weighted by molar-refractivity contribution is 5.98. The molecule has 0 aliphatic carbocycles. The standard InChI is InChI=1S/C23H26N2O4/c1-17-7-9-18(10-8-17)20(26)11-12-22(27)24-13-15-25(16-14-24)23(28)19-5-3-4-6-21(19)29-2/h3-10H,11-16H2,1-2H3. The molecular weight excluding hydrogens is 368 g/mol. The van der Waals surface area contributed by atoms with Crippen molar-refractivity contribution in [3.8, 4) is 5.75 Å². The van der Waals surface area contributed by atoms with Crippen molar-refractivity contribution in [1.82, 2.24) is 9.80 Å². The Labute approximate surface area is 171 Å². The fourth-order valence-corrected chi connectivity index (χ4v) is 3.41. The van der Waals surface area contributed by atoms with E-state index >= 15 is 0 Å². The molecule has 2 aromatic carbocycles. The number of rotatable bonds is 6. The fraction of sp³-hybridized carbons (Fsp3) is 0.348. The lowest BCUT2D eigenvalue weighted by Gasteiger charge is -2.35. The van der Waals surface area contributed by atoms with E-state index in [0.29, 0.717) is 43.1 Å². The van der Waals surface area contributed by atoms with E-state index in [-0.39, 0.29) is 30.4 Å². The first-order chi connectivity index (χ1) is 14.0. The van der Waals surface area contributed by atoms with Crippen LogP contribution in [-0.4, -0.2) is 60.7 Å². The summed E-state index contributed by atoms with van der Waals surface area (Å²) in [5.74, 6) is 0.382. The zero-order valence-corrected chi connectivity index (χ0v) is 16.9. The zero-order chi connectivity index (χ0) is 20.8. The molecule has 1 fully saturated rings. The van der Waals surface area contributed by atoms with Gasteiger partial charge in [0.1, 0.15) is 5.75 Å². The Kier molecular flexibility index (Phi) is 6.65. The number of nitrogens with zero attached hydrogens (tertiary/aromatic N) is 2. The lowest BCUT2D eigenvalue weighted by Crippen LogP contribution is -2.50. The highest BCUT2D eigenvalue weighted by atomic mass is 16.5. The summed E-state index contributed by atoms with van der Waals surface area (Å²) >= 11 is 0. The van der Waals surface area contributed by atoms with Crippen molar-refractivity contribution in [2.24, 2.45) is 0 Å². The lowest BCUT2D eigenvalue weighted by atomic mass is 10.0. The average molecular weight is 394 g/mol. The fourth-order valence-electron chi connectivity index (χ4n) is 3.41. The third-order valence-electron chi connectivity index (χ3n) is 5.20. The summed E-state index contributed by atoms with van der Waals surface area (Å²) in [5, 5.41) is 0. The molecule has 0 aromatic heterocycles. The Balaban J connectivity index is 1.49. The third-order valence-corrected chi connectivity index (χ3v) is 5.20. The van der Waals surface area contributed by atoms with Crippen LogP contribution in [0, 0.1) is 6.92 Å². The van der Waals surface area contributed by atoms with Crippen molar-refractivity contribution in [3.05, 3.63) is 65.2 Å². The highest BCUT2D eigenvalue weighted by Gasteiger charge is 2.26. The molecule has 152 valence electrons. The van der Waals surface area contributed by atoms with E-state index in [4.69, 9.17) is 4.74 Å². The van der Waals surface area contributed by atoms with Gasteiger partial charge in [-0.05, 0) is 19.1 Å². The molecule has 0 atom stereocenters. The average Bonchev–Trinajstić information content (AvgIpc) is 2.77. The van der Waals surface area contributed by atoms with Gasteiger partial charge in [-0.2, -0.15) is 0 Å². The minimum Gasteiger partial charge on any atom is -0.496 e. The molecule has 1 aliphatic rings. The topological polar surface area (TPSA) is 66.9 Å². The van der Waals surface area contributed by atoms with Gasteiger partial charge in [-0.3, -0.25) is 14.4 Å². The molecule has 0 radical (unpaired) electrons. The zero-order valence-electron chi connectivity index (χ0n) is 16.9. The molecule has 6 heteroatoms. The molecule has 6 nitrogen and oxygen atoms in total. The summed E-state index contributed by atoms with van der Waals surface area (Å²) < 4.78 is 5.27. The van der Waals surface area contributed by atoms with E-state index in [2.05, 4.69) is 0 Å². The van der Waals surface area contributed by atoms with Gasteiger partial charge in [-0.15, -0.1) is 0 Å². The van der Waals surface area contributed by atoms with Crippen molar-refractivity contribution in [2.45, 2.75) is 19.8 Å². The number of carbonyl (C=O) groups excluding carboxylic acids is 3.